The summed E-state index contributed by atoms with van der Waals surface area (Å²) in [6.45, 7) is 5.30. The summed E-state index contributed by atoms with van der Waals surface area (Å²) in [5, 5.41) is 2.09. The zero-order chi connectivity index (χ0) is 13.2. The summed E-state index contributed by atoms with van der Waals surface area (Å²) in [6.07, 6.45) is 6.90. The van der Waals surface area contributed by atoms with E-state index in [1.54, 1.807) is 11.3 Å². The molecule has 19 heavy (non-hydrogen) atoms. The molecule has 0 saturated carbocycles. The van der Waals surface area contributed by atoms with Crippen molar-refractivity contribution in [3.8, 4) is 0 Å². The highest BCUT2D eigenvalue weighted by molar-refractivity contribution is 7.15. The molecule has 1 aliphatic heterocycles. The number of hydrogen-bond acceptors (Lipinski definition) is 4. The number of rotatable bonds is 3. The minimum atomic E-state index is 0.681. The Bertz CT molecular complexity index is 545. The third-order valence-corrected chi connectivity index (χ3v) is 4.79. The normalized spacial score (nSPS) is 20.9. The largest absolute Gasteiger partial charge is 0.355 e. The number of fused-ring (bicyclic) bond motifs is 1. The van der Waals surface area contributed by atoms with Crippen LogP contribution < -0.4 is 10.6 Å². The lowest BCUT2D eigenvalue weighted by Gasteiger charge is -2.21. The Morgan fingerprint density at radius 1 is 1.42 bits per heavy atom. The quantitative estimate of drug-likeness (QED) is 0.938. The highest BCUT2D eigenvalue weighted by Gasteiger charge is 2.21. The molecular weight excluding hydrogens is 256 g/mol. The first kappa shape index (κ1) is 12.9. The maximum Gasteiger partial charge on any atom is 0.195 e. The predicted molar refractivity (Wildman–Crippen MR) is 81.1 cm³/mol. The van der Waals surface area contributed by atoms with Crippen molar-refractivity contribution < 1.29 is 0 Å². The Balaban J connectivity index is 1.93. The Morgan fingerprint density at radius 2 is 2.32 bits per heavy atom. The molecule has 0 radical (unpaired) electrons. The van der Waals surface area contributed by atoms with Crippen LogP contribution in [0.1, 0.15) is 31.9 Å². The van der Waals surface area contributed by atoms with Gasteiger partial charge in [-0.2, -0.15) is 0 Å². The van der Waals surface area contributed by atoms with Crippen LogP contribution in [0.25, 0.3) is 4.96 Å². The van der Waals surface area contributed by atoms with E-state index in [9.17, 15) is 0 Å². The molecule has 0 aliphatic carbocycles. The van der Waals surface area contributed by atoms with E-state index < -0.39 is 0 Å². The molecule has 1 unspecified atom stereocenters. The Labute approximate surface area is 118 Å². The molecule has 104 valence electrons. The van der Waals surface area contributed by atoms with E-state index in [4.69, 9.17) is 10.7 Å². The molecule has 0 amide bonds. The molecule has 0 bridgehead atoms. The molecule has 1 atom stereocenters. The van der Waals surface area contributed by atoms with Crippen LogP contribution in [0.15, 0.2) is 11.6 Å². The fourth-order valence-corrected chi connectivity index (χ4v) is 3.65. The fourth-order valence-electron chi connectivity index (χ4n) is 2.92. The first-order valence-electron chi connectivity index (χ1n) is 7.19. The molecule has 4 nitrogen and oxygen atoms in total. The number of nitrogens with two attached hydrogens (primary N) is 1. The lowest BCUT2D eigenvalue weighted by Crippen LogP contribution is -2.26. The van der Waals surface area contributed by atoms with Crippen molar-refractivity contribution in [1.82, 2.24) is 9.38 Å². The average molecular weight is 278 g/mol. The smallest absolute Gasteiger partial charge is 0.195 e. The standard InChI is InChI=1S/C14H22N4S/c1-11-3-2-7-17(8-5-11)13-12(4-6-15)18-9-10-19-14(18)16-13/h9-11H,2-8,15H2,1H3. The predicted octanol–water partition coefficient (Wildman–Crippen LogP) is 2.52. The van der Waals surface area contributed by atoms with Gasteiger partial charge in [0.25, 0.3) is 0 Å². The summed E-state index contributed by atoms with van der Waals surface area (Å²) in [4.78, 5) is 8.39. The third-order valence-electron chi connectivity index (χ3n) is 4.04. The van der Waals surface area contributed by atoms with E-state index in [0.29, 0.717) is 6.54 Å². The molecule has 0 aromatic carbocycles. The second-order valence-electron chi connectivity index (χ2n) is 5.50. The monoisotopic (exact) mass is 278 g/mol. The van der Waals surface area contributed by atoms with Crippen LogP contribution >= 0.6 is 11.3 Å². The second-order valence-corrected chi connectivity index (χ2v) is 6.37. The van der Waals surface area contributed by atoms with E-state index >= 15 is 0 Å². The van der Waals surface area contributed by atoms with Gasteiger partial charge in [-0.25, -0.2) is 4.98 Å². The van der Waals surface area contributed by atoms with Crippen LogP contribution in [-0.4, -0.2) is 29.0 Å². The van der Waals surface area contributed by atoms with Crippen molar-refractivity contribution in [3.05, 3.63) is 17.3 Å². The van der Waals surface area contributed by atoms with E-state index in [1.807, 2.05) is 0 Å². The van der Waals surface area contributed by atoms with Gasteiger partial charge in [-0.05, 0) is 31.7 Å². The fraction of sp³-hybridized carbons (Fsp3) is 0.643. The van der Waals surface area contributed by atoms with Gasteiger partial charge in [-0.15, -0.1) is 11.3 Å². The summed E-state index contributed by atoms with van der Waals surface area (Å²) in [6, 6.07) is 0. The van der Waals surface area contributed by atoms with E-state index in [1.165, 1.54) is 30.8 Å². The van der Waals surface area contributed by atoms with Crippen LogP contribution in [0, 0.1) is 5.92 Å². The minimum absolute atomic E-state index is 0.681. The Hall–Kier alpha value is -1.07. The van der Waals surface area contributed by atoms with Gasteiger partial charge in [0, 0.05) is 31.1 Å². The van der Waals surface area contributed by atoms with Crippen LogP contribution in [0.4, 0.5) is 5.82 Å². The van der Waals surface area contributed by atoms with Crippen LogP contribution in [0.3, 0.4) is 0 Å². The number of aromatic nitrogens is 2. The molecule has 1 saturated heterocycles. The van der Waals surface area contributed by atoms with Gasteiger partial charge >= 0.3 is 0 Å². The number of anilines is 1. The van der Waals surface area contributed by atoms with Crippen molar-refractivity contribution in [2.75, 3.05) is 24.5 Å². The molecule has 2 N–H and O–H groups in total. The average Bonchev–Trinajstić information content (AvgIpc) is 2.90. The Kier molecular flexibility index (Phi) is 3.75. The Morgan fingerprint density at radius 3 is 3.16 bits per heavy atom. The highest BCUT2D eigenvalue weighted by atomic mass is 32.1. The lowest BCUT2D eigenvalue weighted by atomic mass is 10.0. The molecule has 2 aromatic heterocycles. The number of nitrogens with zero attached hydrogens (tertiary/aromatic N) is 3. The van der Waals surface area contributed by atoms with Crippen molar-refractivity contribution in [2.24, 2.45) is 11.7 Å². The van der Waals surface area contributed by atoms with E-state index in [0.717, 1.165) is 30.4 Å². The van der Waals surface area contributed by atoms with Gasteiger partial charge in [-0.1, -0.05) is 6.92 Å². The minimum Gasteiger partial charge on any atom is -0.355 e. The number of thiazole rings is 1. The van der Waals surface area contributed by atoms with Gasteiger partial charge in [0.1, 0.15) is 0 Å². The van der Waals surface area contributed by atoms with Gasteiger partial charge in [0.05, 0.1) is 5.69 Å². The zero-order valence-electron chi connectivity index (χ0n) is 11.5. The number of hydrogen-bond donors (Lipinski definition) is 1. The molecule has 5 heteroatoms. The molecule has 3 heterocycles. The summed E-state index contributed by atoms with van der Waals surface area (Å²) in [7, 11) is 0. The van der Waals surface area contributed by atoms with Gasteiger partial charge in [0.15, 0.2) is 10.8 Å². The van der Waals surface area contributed by atoms with Crippen molar-refractivity contribution in [3.63, 3.8) is 0 Å². The molecule has 3 rings (SSSR count). The molecular formula is C14H22N4S. The first-order valence-corrected chi connectivity index (χ1v) is 8.07. The first-order chi connectivity index (χ1) is 9.29. The highest BCUT2D eigenvalue weighted by Crippen LogP contribution is 2.28. The molecule has 1 aliphatic rings. The zero-order valence-corrected chi connectivity index (χ0v) is 12.3. The van der Waals surface area contributed by atoms with Gasteiger partial charge in [-0.3, -0.25) is 4.40 Å². The molecule has 1 fully saturated rings. The van der Waals surface area contributed by atoms with E-state index in [-0.39, 0.29) is 0 Å². The molecule has 0 spiro atoms. The van der Waals surface area contributed by atoms with E-state index in [2.05, 4.69) is 27.8 Å². The van der Waals surface area contributed by atoms with Gasteiger partial charge < -0.3 is 10.6 Å². The van der Waals surface area contributed by atoms with Crippen LogP contribution in [0.2, 0.25) is 0 Å². The third kappa shape index (κ3) is 2.49. The SMILES string of the molecule is CC1CCCN(c2nc3sccn3c2CCN)CC1. The summed E-state index contributed by atoms with van der Waals surface area (Å²) in [5.74, 6) is 2.01. The van der Waals surface area contributed by atoms with Gasteiger partial charge in [0.2, 0.25) is 0 Å². The van der Waals surface area contributed by atoms with Crippen LogP contribution in [0.5, 0.6) is 0 Å². The summed E-state index contributed by atoms with van der Waals surface area (Å²) < 4.78 is 2.21. The van der Waals surface area contributed by atoms with Crippen molar-refractivity contribution in [1.29, 1.82) is 0 Å². The summed E-state index contributed by atoms with van der Waals surface area (Å²) in [5.41, 5.74) is 7.06. The van der Waals surface area contributed by atoms with Crippen molar-refractivity contribution >= 4 is 22.1 Å². The maximum absolute atomic E-state index is 5.77. The topological polar surface area (TPSA) is 46.6 Å². The summed E-state index contributed by atoms with van der Waals surface area (Å²) >= 11 is 1.70. The van der Waals surface area contributed by atoms with Crippen molar-refractivity contribution in [2.45, 2.75) is 32.6 Å². The molecule has 2 aromatic rings. The second kappa shape index (κ2) is 5.51. The number of imidazole rings is 1. The maximum atomic E-state index is 5.77. The van der Waals surface area contributed by atoms with Crippen LogP contribution in [-0.2, 0) is 6.42 Å². The lowest BCUT2D eigenvalue weighted by molar-refractivity contribution is 0.521.